The van der Waals surface area contributed by atoms with E-state index < -0.39 is 10.0 Å². The minimum Gasteiger partial charge on any atom is -0.330 e. The molecule has 3 aromatic rings. The van der Waals surface area contributed by atoms with Gasteiger partial charge in [0.15, 0.2) is 0 Å². The van der Waals surface area contributed by atoms with Gasteiger partial charge >= 0.3 is 0 Å². The van der Waals surface area contributed by atoms with Gasteiger partial charge in [0, 0.05) is 45.1 Å². The Kier molecular flexibility index (Phi) is 7.66. The van der Waals surface area contributed by atoms with Crippen LogP contribution in [0, 0.1) is 13.8 Å². The Bertz CT molecular complexity index is 1220. The quantitative estimate of drug-likeness (QED) is 0.496. The predicted octanol–water partition coefficient (Wildman–Crippen LogP) is 4.35. The number of aryl methyl sites for hydroxylation is 2. The molecule has 0 aliphatic rings. The van der Waals surface area contributed by atoms with E-state index in [-0.39, 0.29) is 10.8 Å². The van der Waals surface area contributed by atoms with Gasteiger partial charge in [0.05, 0.1) is 4.90 Å². The summed E-state index contributed by atoms with van der Waals surface area (Å²) < 4.78 is 26.9. The fourth-order valence-corrected chi connectivity index (χ4v) is 4.83. The van der Waals surface area contributed by atoms with E-state index in [1.807, 2.05) is 31.2 Å². The number of hydrogen-bond donors (Lipinski definition) is 0. The van der Waals surface area contributed by atoms with E-state index in [0.717, 1.165) is 23.1 Å². The molecule has 0 radical (unpaired) electrons. The molecule has 0 saturated carbocycles. The molecule has 0 saturated heterocycles. The minimum absolute atomic E-state index is 0.157. The molecule has 1 aromatic heterocycles. The highest BCUT2D eigenvalue weighted by molar-refractivity contribution is 7.89. The van der Waals surface area contributed by atoms with Gasteiger partial charge in [0.1, 0.15) is 0 Å². The number of hydrogen-bond acceptors (Lipinski definition) is 4. The first-order valence-electron chi connectivity index (χ1n) is 10.9. The van der Waals surface area contributed by atoms with Crippen LogP contribution < -0.4 is 0 Å². The van der Waals surface area contributed by atoms with Crippen molar-refractivity contribution in [2.75, 3.05) is 14.1 Å². The van der Waals surface area contributed by atoms with E-state index >= 15 is 0 Å². The number of benzene rings is 2. The molecular weight excluding hydrogens is 434 g/mol. The summed E-state index contributed by atoms with van der Waals surface area (Å²) in [5.74, 6) is -0.225. The van der Waals surface area contributed by atoms with Crippen LogP contribution in [0.2, 0.25) is 0 Å². The standard InChI is InChI=1S/C26H31N3O3S/c1-6-21-9-11-22(12-10-21)17-29(18-23-8-7-13-27-16-23)26(30)24-14-19(2)20(3)25(15-24)33(31,32)28(4)5/h7-16H,6,17-18H2,1-5H3. The van der Waals surface area contributed by atoms with E-state index in [2.05, 4.69) is 24.0 Å². The minimum atomic E-state index is -3.68. The number of aromatic nitrogens is 1. The van der Waals surface area contributed by atoms with Crippen LogP contribution in [-0.4, -0.2) is 42.6 Å². The lowest BCUT2D eigenvalue weighted by atomic mass is 10.0. The monoisotopic (exact) mass is 465 g/mol. The zero-order chi connectivity index (χ0) is 24.2. The predicted molar refractivity (Wildman–Crippen MR) is 130 cm³/mol. The fourth-order valence-electron chi connectivity index (χ4n) is 3.61. The van der Waals surface area contributed by atoms with E-state index in [4.69, 9.17) is 0 Å². The molecule has 0 spiro atoms. The van der Waals surface area contributed by atoms with Crippen LogP contribution >= 0.6 is 0 Å². The topological polar surface area (TPSA) is 70.6 Å². The molecule has 0 fully saturated rings. The number of amides is 1. The molecule has 0 atom stereocenters. The number of sulfonamides is 1. The summed E-state index contributed by atoms with van der Waals surface area (Å²) in [5, 5.41) is 0. The van der Waals surface area contributed by atoms with Gasteiger partial charge in [-0.15, -0.1) is 0 Å². The van der Waals surface area contributed by atoms with Crippen LogP contribution in [0.5, 0.6) is 0 Å². The van der Waals surface area contributed by atoms with Crippen molar-refractivity contribution in [2.24, 2.45) is 0 Å². The Balaban J connectivity index is 2.02. The van der Waals surface area contributed by atoms with Crippen molar-refractivity contribution in [3.63, 3.8) is 0 Å². The van der Waals surface area contributed by atoms with Gasteiger partial charge in [-0.25, -0.2) is 12.7 Å². The zero-order valence-electron chi connectivity index (χ0n) is 19.9. The molecular formula is C26H31N3O3S. The highest BCUT2D eigenvalue weighted by Crippen LogP contribution is 2.25. The van der Waals surface area contributed by atoms with Gasteiger partial charge < -0.3 is 4.90 Å². The smallest absolute Gasteiger partial charge is 0.254 e. The van der Waals surface area contributed by atoms with Crippen LogP contribution in [0.4, 0.5) is 0 Å². The first kappa shape index (κ1) is 24.6. The van der Waals surface area contributed by atoms with Crippen LogP contribution in [0.15, 0.2) is 65.8 Å². The number of carbonyl (C=O) groups excluding carboxylic acids is 1. The third kappa shape index (κ3) is 5.67. The fraction of sp³-hybridized carbons (Fsp3) is 0.308. The van der Waals surface area contributed by atoms with Crippen molar-refractivity contribution in [1.29, 1.82) is 0 Å². The van der Waals surface area contributed by atoms with Gasteiger partial charge in [-0.1, -0.05) is 37.3 Å². The molecule has 6 nitrogen and oxygen atoms in total. The Labute approximate surface area is 196 Å². The number of rotatable bonds is 8. The first-order valence-corrected chi connectivity index (χ1v) is 12.4. The molecule has 0 N–H and O–H groups in total. The third-order valence-electron chi connectivity index (χ3n) is 5.81. The summed E-state index contributed by atoms with van der Waals surface area (Å²) in [5.41, 5.74) is 4.91. The molecule has 33 heavy (non-hydrogen) atoms. The maximum atomic E-state index is 13.7. The van der Waals surface area contributed by atoms with Crippen LogP contribution in [0.25, 0.3) is 0 Å². The molecule has 0 aliphatic carbocycles. The summed E-state index contributed by atoms with van der Waals surface area (Å²) in [6, 6.07) is 15.2. The van der Waals surface area contributed by atoms with Crippen LogP contribution in [-0.2, 0) is 29.5 Å². The first-order chi connectivity index (χ1) is 15.6. The van der Waals surface area contributed by atoms with E-state index in [0.29, 0.717) is 24.2 Å². The maximum Gasteiger partial charge on any atom is 0.254 e. The SMILES string of the molecule is CCc1ccc(CN(Cc2cccnc2)C(=O)c2cc(C)c(C)c(S(=O)(=O)N(C)C)c2)cc1. The molecule has 0 bridgehead atoms. The highest BCUT2D eigenvalue weighted by Gasteiger charge is 2.25. The second kappa shape index (κ2) is 10.3. The lowest BCUT2D eigenvalue weighted by Gasteiger charge is -2.24. The third-order valence-corrected chi connectivity index (χ3v) is 7.75. The lowest BCUT2D eigenvalue weighted by Crippen LogP contribution is -2.31. The molecule has 1 heterocycles. The van der Waals surface area contributed by atoms with Crippen molar-refractivity contribution in [3.8, 4) is 0 Å². The second-order valence-corrected chi connectivity index (χ2v) is 10.5. The number of nitrogens with zero attached hydrogens (tertiary/aromatic N) is 3. The Morgan fingerprint density at radius 3 is 2.15 bits per heavy atom. The van der Waals surface area contributed by atoms with Crippen molar-refractivity contribution >= 4 is 15.9 Å². The van der Waals surface area contributed by atoms with E-state index in [9.17, 15) is 13.2 Å². The van der Waals surface area contributed by atoms with Crippen molar-refractivity contribution in [1.82, 2.24) is 14.2 Å². The normalized spacial score (nSPS) is 11.6. The molecule has 0 unspecified atom stereocenters. The van der Waals surface area contributed by atoms with Gasteiger partial charge in [-0.3, -0.25) is 9.78 Å². The van der Waals surface area contributed by atoms with Gasteiger partial charge in [0.2, 0.25) is 10.0 Å². The number of carbonyl (C=O) groups is 1. The van der Waals surface area contributed by atoms with E-state index in [1.165, 1.54) is 30.0 Å². The van der Waals surface area contributed by atoms with Gasteiger partial charge in [-0.05, 0) is 66.3 Å². The Morgan fingerprint density at radius 1 is 0.939 bits per heavy atom. The highest BCUT2D eigenvalue weighted by atomic mass is 32.2. The molecule has 1 amide bonds. The van der Waals surface area contributed by atoms with E-state index in [1.54, 1.807) is 30.3 Å². The summed E-state index contributed by atoms with van der Waals surface area (Å²) in [6.07, 6.45) is 4.38. The summed E-state index contributed by atoms with van der Waals surface area (Å²) in [7, 11) is -0.698. The zero-order valence-corrected chi connectivity index (χ0v) is 20.7. The largest absolute Gasteiger partial charge is 0.330 e. The molecule has 174 valence electrons. The maximum absolute atomic E-state index is 13.7. The molecule has 2 aromatic carbocycles. The van der Waals surface area contributed by atoms with Gasteiger partial charge in [-0.2, -0.15) is 0 Å². The molecule has 3 rings (SSSR count). The molecule has 0 aliphatic heterocycles. The summed E-state index contributed by atoms with van der Waals surface area (Å²) in [6.45, 7) is 6.47. The van der Waals surface area contributed by atoms with Crippen molar-refractivity contribution in [3.05, 3.63) is 94.3 Å². The van der Waals surface area contributed by atoms with Crippen molar-refractivity contribution in [2.45, 2.75) is 45.2 Å². The molecule has 7 heteroatoms. The van der Waals surface area contributed by atoms with Crippen LogP contribution in [0.1, 0.15) is 45.1 Å². The lowest BCUT2D eigenvalue weighted by molar-refractivity contribution is 0.0729. The van der Waals surface area contributed by atoms with Crippen LogP contribution in [0.3, 0.4) is 0 Å². The average Bonchev–Trinajstić information content (AvgIpc) is 2.80. The van der Waals surface area contributed by atoms with Crippen molar-refractivity contribution < 1.29 is 13.2 Å². The Hall–Kier alpha value is -3.03. The average molecular weight is 466 g/mol. The number of pyridine rings is 1. The summed E-state index contributed by atoms with van der Waals surface area (Å²) in [4.78, 5) is 19.7. The summed E-state index contributed by atoms with van der Waals surface area (Å²) >= 11 is 0. The van der Waals surface area contributed by atoms with Gasteiger partial charge in [0.25, 0.3) is 5.91 Å². The second-order valence-electron chi connectivity index (χ2n) is 8.40. The Morgan fingerprint density at radius 2 is 1.58 bits per heavy atom.